The summed E-state index contributed by atoms with van der Waals surface area (Å²) >= 11 is 0. The predicted octanol–water partition coefficient (Wildman–Crippen LogP) is 6.23. The van der Waals surface area contributed by atoms with E-state index < -0.39 is 29.0 Å². The van der Waals surface area contributed by atoms with E-state index in [2.05, 4.69) is 43.2 Å². The molecule has 0 aromatic heterocycles. The van der Waals surface area contributed by atoms with Crippen LogP contribution in [0.5, 0.6) is 0 Å². The lowest BCUT2D eigenvalue weighted by Gasteiger charge is -2.39. The molecular weight excluding hydrogens is 440 g/mol. The first-order chi connectivity index (χ1) is 16.0. The first-order valence-electron chi connectivity index (χ1n) is 11.7. The van der Waals surface area contributed by atoms with Crippen molar-refractivity contribution in [3.8, 4) is 0 Å². The van der Waals surface area contributed by atoms with Gasteiger partial charge in [0.25, 0.3) is 0 Å². The van der Waals surface area contributed by atoms with Crippen molar-refractivity contribution in [2.75, 3.05) is 28.6 Å². The molecule has 2 amide bonds. The van der Waals surface area contributed by atoms with Gasteiger partial charge in [0, 0.05) is 19.2 Å². The van der Waals surface area contributed by atoms with Crippen molar-refractivity contribution in [3.05, 3.63) is 53.6 Å². The van der Waals surface area contributed by atoms with Crippen molar-refractivity contribution >= 4 is 29.1 Å². The molecule has 2 aromatic carbocycles. The third kappa shape index (κ3) is 5.66. The Morgan fingerprint density at radius 3 is 2.09 bits per heavy atom. The molecule has 3 rings (SSSR count). The van der Waals surface area contributed by atoms with E-state index in [1.54, 1.807) is 6.07 Å². The van der Waals surface area contributed by atoms with E-state index in [4.69, 9.17) is 0 Å². The molecule has 0 heterocycles. The number of rotatable bonds is 9. The summed E-state index contributed by atoms with van der Waals surface area (Å²) in [6.07, 6.45) is 1.90. The minimum Gasteiger partial charge on any atom is -0.481 e. The lowest BCUT2D eigenvalue weighted by molar-refractivity contribution is -0.147. The van der Waals surface area contributed by atoms with Crippen LogP contribution >= 0.6 is 0 Å². The fourth-order valence-electron chi connectivity index (χ4n) is 4.39. The minimum atomic E-state index is -0.963. The SMILES string of the molecule is CC(C)CN(CC(C)C)c1ccc(C2(C(=O)O)CCC2)cc1NC(=O)Nc1ccc(F)cc1F. The molecule has 1 aliphatic rings. The lowest BCUT2D eigenvalue weighted by atomic mass is 9.64. The molecule has 1 fully saturated rings. The zero-order valence-electron chi connectivity index (χ0n) is 20.1. The average Bonchev–Trinajstić information content (AvgIpc) is 2.68. The van der Waals surface area contributed by atoms with Gasteiger partial charge < -0.3 is 20.6 Å². The van der Waals surface area contributed by atoms with Gasteiger partial charge >= 0.3 is 12.0 Å². The van der Waals surface area contributed by atoms with Crippen LogP contribution in [0.25, 0.3) is 0 Å². The molecule has 184 valence electrons. The molecule has 6 nitrogen and oxygen atoms in total. The summed E-state index contributed by atoms with van der Waals surface area (Å²) in [6, 6.07) is 7.62. The van der Waals surface area contributed by atoms with Crippen molar-refractivity contribution in [1.29, 1.82) is 0 Å². The Kier molecular flexibility index (Phi) is 7.79. The first-order valence-corrected chi connectivity index (χ1v) is 11.7. The zero-order chi connectivity index (χ0) is 25.0. The third-order valence-electron chi connectivity index (χ3n) is 6.10. The number of carbonyl (C=O) groups is 2. The smallest absolute Gasteiger partial charge is 0.323 e. The summed E-state index contributed by atoms with van der Waals surface area (Å²) in [6.45, 7) is 9.90. The second-order valence-electron chi connectivity index (χ2n) is 9.87. The number of nitrogens with zero attached hydrogens (tertiary/aromatic N) is 1. The molecule has 3 N–H and O–H groups in total. The number of benzene rings is 2. The van der Waals surface area contributed by atoms with Gasteiger partial charge in [0.2, 0.25) is 0 Å². The number of hydrogen-bond acceptors (Lipinski definition) is 3. The predicted molar refractivity (Wildman–Crippen MR) is 130 cm³/mol. The van der Waals surface area contributed by atoms with E-state index in [0.717, 1.165) is 37.3 Å². The van der Waals surface area contributed by atoms with Crippen LogP contribution in [0.15, 0.2) is 36.4 Å². The van der Waals surface area contributed by atoms with E-state index in [1.807, 2.05) is 12.1 Å². The van der Waals surface area contributed by atoms with Gasteiger partial charge in [-0.15, -0.1) is 0 Å². The number of aliphatic carboxylic acids is 1. The summed E-state index contributed by atoms with van der Waals surface area (Å²) in [4.78, 5) is 27.0. The van der Waals surface area contributed by atoms with Gasteiger partial charge in [0.05, 0.1) is 22.5 Å². The number of hydrogen-bond donors (Lipinski definition) is 3. The number of urea groups is 1. The molecule has 0 radical (unpaired) electrons. The highest BCUT2D eigenvalue weighted by Crippen LogP contribution is 2.46. The molecule has 0 atom stereocenters. The second-order valence-corrected chi connectivity index (χ2v) is 9.87. The van der Waals surface area contributed by atoms with E-state index in [0.29, 0.717) is 42.0 Å². The van der Waals surface area contributed by atoms with Crippen molar-refractivity contribution in [2.24, 2.45) is 11.8 Å². The van der Waals surface area contributed by atoms with Crippen molar-refractivity contribution in [3.63, 3.8) is 0 Å². The second kappa shape index (κ2) is 10.4. The Labute approximate surface area is 199 Å². The van der Waals surface area contributed by atoms with Gasteiger partial charge in [-0.05, 0) is 54.5 Å². The minimum absolute atomic E-state index is 0.154. The molecule has 0 bridgehead atoms. The number of amides is 2. The molecule has 1 saturated carbocycles. The molecule has 2 aromatic rings. The summed E-state index contributed by atoms with van der Waals surface area (Å²) in [5.41, 5.74) is 0.730. The molecule has 1 aliphatic carbocycles. The van der Waals surface area contributed by atoms with Crippen molar-refractivity contribution in [1.82, 2.24) is 0 Å². The van der Waals surface area contributed by atoms with Crippen LogP contribution in [0.2, 0.25) is 0 Å². The maximum Gasteiger partial charge on any atom is 0.323 e. The largest absolute Gasteiger partial charge is 0.481 e. The van der Waals surface area contributed by atoms with Crippen LogP contribution in [0.4, 0.5) is 30.6 Å². The number of anilines is 3. The number of carboxylic acids is 1. The molecule has 0 spiro atoms. The Balaban J connectivity index is 1.98. The Morgan fingerprint density at radius 2 is 1.59 bits per heavy atom. The topological polar surface area (TPSA) is 81.7 Å². The average molecular weight is 474 g/mol. The highest BCUT2D eigenvalue weighted by molar-refractivity contribution is 6.02. The number of carboxylic acid groups (broad SMARTS) is 1. The monoisotopic (exact) mass is 473 g/mol. The van der Waals surface area contributed by atoms with Gasteiger partial charge in [-0.1, -0.05) is 40.2 Å². The standard InChI is InChI=1S/C26H33F2N3O3/c1-16(2)14-31(15-17(3)4)23-9-6-18(26(24(32)33)10-5-11-26)12-22(23)30-25(34)29-21-8-7-19(27)13-20(21)28/h6-9,12-13,16-17H,5,10-11,14-15H2,1-4H3,(H,32,33)(H2,29,30,34). The van der Waals surface area contributed by atoms with Crippen LogP contribution in [-0.2, 0) is 10.2 Å². The maximum atomic E-state index is 14.1. The summed E-state index contributed by atoms with van der Waals surface area (Å²) < 4.78 is 27.3. The van der Waals surface area contributed by atoms with Gasteiger partial charge in [-0.25, -0.2) is 13.6 Å². The normalized spacial score (nSPS) is 14.6. The van der Waals surface area contributed by atoms with Crippen LogP contribution in [0, 0.1) is 23.5 Å². The molecule has 34 heavy (non-hydrogen) atoms. The van der Waals surface area contributed by atoms with Gasteiger partial charge in [-0.2, -0.15) is 0 Å². The van der Waals surface area contributed by atoms with Crippen LogP contribution in [-0.4, -0.2) is 30.2 Å². The molecule has 8 heteroatoms. The van der Waals surface area contributed by atoms with E-state index in [1.165, 1.54) is 0 Å². The van der Waals surface area contributed by atoms with Gasteiger partial charge in [0.15, 0.2) is 0 Å². The maximum absolute atomic E-state index is 14.1. The summed E-state index contributed by atoms with van der Waals surface area (Å²) in [5, 5.41) is 15.1. The third-order valence-corrected chi connectivity index (χ3v) is 6.10. The van der Waals surface area contributed by atoms with Crippen molar-refractivity contribution in [2.45, 2.75) is 52.4 Å². The number of nitrogens with one attached hydrogen (secondary N) is 2. The molecular formula is C26H33F2N3O3. The van der Waals surface area contributed by atoms with Crippen LogP contribution < -0.4 is 15.5 Å². The lowest BCUT2D eigenvalue weighted by Crippen LogP contribution is -2.42. The van der Waals surface area contributed by atoms with Gasteiger partial charge in [-0.3, -0.25) is 4.79 Å². The number of carbonyl (C=O) groups excluding carboxylic acids is 1. The Bertz CT molecular complexity index is 1040. The van der Waals surface area contributed by atoms with E-state index in [9.17, 15) is 23.5 Å². The first kappa shape index (κ1) is 25.5. The van der Waals surface area contributed by atoms with E-state index >= 15 is 0 Å². The summed E-state index contributed by atoms with van der Waals surface area (Å²) in [5.74, 6) is -1.80. The van der Waals surface area contributed by atoms with Crippen LogP contribution in [0.1, 0.15) is 52.5 Å². The quantitative estimate of drug-likeness (QED) is 0.403. The fraction of sp³-hybridized carbons (Fsp3) is 0.462. The van der Waals surface area contributed by atoms with Crippen LogP contribution in [0.3, 0.4) is 0 Å². The fourth-order valence-corrected chi connectivity index (χ4v) is 4.39. The van der Waals surface area contributed by atoms with Crippen molar-refractivity contribution < 1.29 is 23.5 Å². The highest BCUT2D eigenvalue weighted by atomic mass is 19.1. The number of halogens is 2. The molecule has 0 saturated heterocycles. The van der Waals surface area contributed by atoms with E-state index in [-0.39, 0.29) is 5.69 Å². The Hall–Kier alpha value is -3.16. The summed E-state index contributed by atoms with van der Waals surface area (Å²) in [7, 11) is 0. The highest BCUT2D eigenvalue weighted by Gasteiger charge is 2.46. The Morgan fingerprint density at radius 1 is 0.971 bits per heavy atom. The molecule has 0 aliphatic heterocycles. The van der Waals surface area contributed by atoms with Gasteiger partial charge in [0.1, 0.15) is 11.6 Å². The molecule has 0 unspecified atom stereocenters. The zero-order valence-corrected chi connectivity index (χ0v) is 20.1.